The van der Waals surface area contributed by atoms with Gasteiger partial charge in [-0.15, -0.1) is 0 Å². The Morgan fingerprint density at radius 1 is 1.22 bits per heavy atom. The van der Waals surface area contributed by atoms with E-state index in [9.17, 15) is 14.3 Å². The van der Waals surface area contributed by atoms with Crippen molar-refractivity contribution in [3.8, 4) is 11.5 Å². The fourth-order valence-electron chi connectivity index (χ4n) is 5.14. The topological polar surface area (TPSA) is 96.8 Å². The summed E-state index contributed by atoms with van der Waals surface area (Å²) in [5.41, 5.74) is 0.637. The van der Waals surface area contributed by atoms with Crippen molar-refractivity contribution in [2.45, 2.75) is 43.9 Å². The number of piperidine rings is 1. The molecule has 2 fully saturated rings. The number of hydrogen-bond donors (Lipinski definition) is 2. The number of carbonyl (C=O) groups is 1. The molecule has 2 N–H and O–H groups in total. The van der Waals surface area contributed by atoms with Crippen molar-refractivity contribution in [3.05, 3.63) is 59.1 Å². The van der Waals surface area contributed by atoms with Crippen LogP contribution >= 0.6 is 23.2 Å². The molecule has 2 aliphatic heterocycles. The summed E-state index contributed by atoms with van der Waals surface area (Å²) >= 11 is 11.9. The maximum absolute atomic E-state index is 14.7. The van der Waals surface area contributed by atoms with E-state index >= 15 is 0 Å². The van der Waals surface area contributed by atoms with Crippen LogP contribution in [0.5, 0.6) is 11.5 Å². The minimum absolute atomic E-state index is 0.0500. The van der Waals surface area contributed by atoms with E-state index in [-0.39, 0.29) is 53.0 Å². The summed E-state index contributed by atoms with van der Waals surface area (Å²) in [7, 11) is 0. The van der Waals surface area contributed by atoms with Crippen LogP contribution in [0.25, 0.3) is 10.9 Å². The standard InChI is InChI=1S/C26H25Cl2FN4O4/c1-2-23(35)33-14-3-4-15(33)10-16(9-14)37-22-11-17-20(12-21(22)36-8-7-34)30-13-31-26(17)32-19-6-5-18(27)24(28)25(19)29/h2,5-6,11-16,34H,1,3-4,7-10H2,(H,30,31,32). The Labute approximate surface area is 223 Å². The van der Waals surface area contributed by atoms with Gasteiger partial charge in [-0.05, 0) is 37.1 Å². The smallest absolute Gasteiger partial charge is 0.246 e. The number of ether oxygens (including phenoxy) is 2. The minimum atomic E-state index is -0.698. The van der Waals surface area contributed by atoms with Crippen LogP contribution in [0.4, 0.5) is 15.9 Å². The second-order valence-electron chi connectivity index (χ2n) is 9.00. The summed E-state index contributed by atoms with van der Waals surface area (Å²) in [4.78, 5) is 22.9. The Morgan fingerprint density at radius 3 is 2.68 bits per heavy atom. The van der Waals surface area contributed by atoms with Crippen molar-refractivity contribution in [1.82, 2.24) is 14.9 Å². The number of amides is 1. The van der Waals surface area contributed by atoms with E-state index in [2.05, 4.69) is 21.9 Å². The SMILES string of the molecule is C=CC(=O)N1C2CCC1CC(Oc1cc3c(Nc4ccc(Cl)c(Cl)c4F)ncnc3cc1OCCO)C2. The number of hydrogen-bond acceptors (Lipinski definition) is 7. The van der Waals surface area contributed by atoms with Crippen molar-refractivity contribution in [1.29, 1.82) is 0 Å². The molecule has 1 aromatic heterocycles. The maximum Gasteiger partial charge on any atom is 0.246 e. The van der Waals surface area contributed by atoms with Crippen LogP contribution in [0.1, 0.15) is 25.7 Å². The zero-order valence-electron chi connectivity index (χ0n) is 19.8. The van der Waals surface area contributed by atoms with Gasteiger partial charge in [0.2, 0.25) is 5.91 Å². The summed E-state index contributed by atoms with van der Waals surface area (Å²) in [6.45, 7) is 3.53. The van der Waals surface area contributed by atoms with E-state index in [1.165, 1.54) is 24.5 Å². The molecule has 2 unspecified atom stereocenters. The molecule has 194 valence electrons. The van der Waals surface area contributed by atoms with Crippen LogP contribution in [-0.2, 0) is 4.79 Å². The summed E-state index contributed by atoms with van der Waals surface area (Å²) in [5.74, 6) is 0.458. The highest BCUT2D eigenvalue weighted by Gasteiger charge is 2.43. The molecule has 2 aromatic carbocycles. The summed E-state index contributed by atoms with van der Waals surface area (Å²) in [5, 5.41) is 12.8. The Morgan fingerprint density at radius 2 is 1.97 bits per heavy atom. The number of benzene rings is 2. The molecule has 2 aliphatic rings. The molecule has 37 heavy (non-hydrogen) atoms. The van der Waals surface area contributed by atoms with Gasteiger partial charge in [-0.1, -0.05) is 29.8 Å². The van der Waals surface area contributed by atoms with E-state index in [0.717, 1.165) is 12.8 Å². The van der Waals surface area contributed by atoms with Crippen molar-refractivity contribution in [2.24, 2.45) is 0 Å². The molecule has 0 saturated carbocycles. The first-order chi connectivity index (χ1) is 17.9. The Kier molecular flexibility index (Phi) is 7.37. The number of carbonyl (C=O) groups excluding carboxylic acids is 1. The number of aliphatic hydroxyl groups excluding tert-OH is 1. The largest absolute Gasteiger partial charge is 0.487 e. The third-order valence-corrected chi connectivity index (χ3v) is 7.53. The average Bonchev–Trinajstić information content (AvgIpc) is 3.17. The highest BCUT2D eigenvalue weighted by Crippen LogP contribution is 2.41. The quantitative estimate of drug-likeness (QED) is 0.293. The molecule has 5 rings (SSSR count). The predicted molar refractivity (Wildman–Crippen MR) is 139 cm³/mol. The first-order valence-electron chi connectivity index (χ1n) is 11.9. The van der Waals surface area contributed by atoms with Crippen molar-refractivity contribution >= 4 is 51.5 Å². The molecular formula is C26H25Cl2FN4O4. The Hall–Kier alpha value is -3.14. The van der Waals surface area contributed by atoms with Crippen LogP contribution < -0.4 is 14.8 Å². The maximum atomic E-state index is 14.7. The normalized spacial score (nSPS) is 20.6. The predicted octanol–water partition coefficient (Wildman–Crippen LogP) is 5.28. The van der Waals surface area contributed by atoms with Crippen molar-refractivity contribution in [3.63, 3.8) is 0 Å². The van der Waals surface area contributed by atoms with E-state index in [0.29, 0.717) is 41.1 Å². The number of rotatable bonds is 8. The number of nitrogens with one attached hydrogen (secondary N) is 1. The van der Waals surface area contributed by atoms with Crippen LogP contribution in [0.3, 0.4) is 0 Å². The number of aromatic nitrogens is 2. The third-order valence-electron chi connectivity index (χ3n) is 6.75. The summed E-state index contributed by atoms with van der Waals surface area (Å²) in [6, 6.07) is 6.59. The highest BCUT2D eigenvalue weighted by atomic mass is 35.5. The number of halogens is 3. The summed E-state index contributed by atoms with van der Waals surface area (Å²) in [6.07, 6.45) is 5.77. The lowest BCUT2D eigenvalue weighted by molar-refractivity contribution is -0.131. The molecule has 3 heterocycles. The van der Waals surface area contributed by atoms with E-state index < -0.39 is 5.82 Å². The third kappa shape index (κ3) is 5.03. The van der Waals surface area contributed by atoms with Crippen LogP contribution in [0.15, 0.2) is 43.2 Å². The first kappa shape index (κ1) is 25.5. The van der Waals surface area contributed by atoms with Crippen LogP contribution in [0, 0.1) is 5.82 Å². The monoisotopic (exact) mass is 546 g/mol. The van der Waals surface area contributed by atoms with Crippen molar-refractivity contribution in [2.75, 3.05) is 18.5 Å². The van der Waals surface area contributed by atoms with Crippen LogP contribution in [-0.4, -0.2) is 57.3 Å². The zero-order valence-corrected chi connectivity index (χ0v) is 21.3. The van der Waals surface area contributed by atoms with Crippen LogP contribution in [0.2, 0.25) is 10.0 Å². The van der Waals surface area contributed by atoms with Gasteiger partial charge in [0.25, 0.3) is 0 Å². The van der Waals surface area contributed by atoms with Gasteiger partial charge in [0.05, 0.1) is 27.9 Å². The number of nitrogens with zero attached hydrogens (tertiary/aromatic N) is 3. The second-order valence-corrected chi connectivity index (χ2v) is 9.79. The van der Waals surface area contributed by atoms with E-state index in [1.807, 2.05) is 4.90 Å². The lowest BCUT2D eigenvalue weighted by Crippen LogP contribution is -2.48. The van der Waals surface area contributed by atoms with Gasteiger partial charge in [-0.2, -0.15) is 0 Å². The Bertz CT molecular complexity index is 1340. The molecule has 2 bridgehead atoms. The molecule has 8 nitrogen and oxygen atoms in total. The zero-order chi connectivity index (χ0) is 26.1. The van der Waals surface area contributed by atoms with Gasteiger partial charge >= 0.3 is 0 Å². The molecule has 11 heteroatoms. The molecule has 1 amide bonds. The highest BCUT2D eigenvalue weighted by molar-refractivity contribution is 6.42. The lowest BCUT2D eigenvalue weighted by atomic mass is 9.99. The average molecular weight is 547 g/mol. The molecule has 2 atom stereocenters. The lowest BCUT2D eigenvalue weighted by Gasteiger charge is -2.38. The minimum Gasteiger partial charge on any atom is -0.487 e. The molecule has 3 aromatic rings. The molecule has 0 spiro atoms. The van der Waals surface area contributed by atoms with Gasteiger partial charge in [-0.25, -0.2) is 14.4 Å². The fourth-order valence-corrected chi connectivity index (χ4v) is 5.45. The van der Waals surface area contributed by atoms with E-state index in [4.69, 9.17) is 32.7 Å². The van der Waals surface area contributed by atoms with Gasteiger partial charge in [0.1, 0.15) is 24.9 Å². The van der Waals surface area contributed by atoms with Gasteiger partial charge in [-0.3, -0.25) is 4.79 Å². The van der Waals surface area contributed by atoms with Gasteiger partial charge in [0.15, 0.2) is 17.3 Å². The first-order valence-corrected chi connectivity index (χ1v) is 12.7. The summed E-state index contributed by atoms with van der Waals surface area (Å²) < 4.78 is 26.9. The molecule has 0 aliphatic carbocycles. The molecular weight excluding hydrogens is 522 g/mol. The second kappa shape index (κ2) is 10.7. The molecule has 2 saturated heterocycles. The number of fused-ring (bicyclic) bond motifs is 3. The fraction of sp³-hybridized carbons (Fsp3) is 0.346. The number of aliphatic hydroxyl groups is 1. The Balaban J connectivity index is 1.47. The van der Waals surface area contributed by atoms with Gasteiger partial charge in [0, 0.05) is 36.4 Å². The van der Waals surface area contributed by atoms with Gasteiger partial charge < -0.3 is 24.8 Å². The molecule has 0 radical (unpaired) electrons. The van der Waals surface area contributed by atoms with E-state index in [1.54, 1.807) is 12.1 Å². The number of anilines is 2. The van der Waals surface area contributed by atoms with Crippen molar-refractivity contribution < 1.29 is 23.8 Å².